The van der Waals surface area contributed by atoms with Gasteiger partial charge in [-0.3, -0.25) is 0 Å². The molecule has 5 N–H and O–H groups in total. The monoisotopic (exact) mass is 311 g/mol. The lowest BCUT2D eigenvalue weighted by Crippen LogP contribution is -2.29. The summed E-state index contributed by atoms with van der Waals surface area (Å²) in [4.78, 5) is 9.58. The molecule has 0 bridgehead atoms. The van der Waals surface area contributed by atoms with Crippen molar-refractivity contribution in [3.63, 3.8) is 0 Å². The van der Waals surface area contributed by atoms with Gasteiger partial charge in [0.25, 0.3) is 0 Å². The zero-order valence-corrected chi connectivity index (χ0v) is 11.1. The topological polar surface area (TPSA) is 125 Å². The summed E-state index contributed by atoms with van der Waals surface area (Å²) in [5, 5.41) is -0.0207. The van der Waals surface area contributed by atoms with Gasteiger partial charge in [0.05, 0.1) is 5.69 Å². The molecule has 0 radical (unpaired) electrons. The first-order valence-electron chi connectivity index (χ1n) is 4.90. The molecule has 1 aromatic rings. The molecule has 19 heavy (non-hydrogen) atoms. The van der Waals surface area contributed by atoms with Gasteiger partial charge in [0.1, 0.15) is 11.5 Å². The third-order valence-electron chi connectivity index (χ3n) is 1.96. The van der Waals surface area contributed by atoms with Crippen LogP contribution < -0.4 is 16.2 Å². The number of amides is 1. The van der Waals surface area contributed by atoms with Crippen LogP contribution in [-0.2, 0) is 14.8 Å². The molecule has 0 fully saturated rings. The number of nitrogen functional groups attached to an aromatic ring is 1. The summed E-state index contributed by atoms with van der Waals surface area (Å²) in [5.41, 5.74) is 9.57. The summed E-state index contributed by atoms with van der Waals surface area (Å²) in [6.07, 6.45) is -1.04. The number of rotatable bonds is 5. The number of nitrogens with two attached hydrogens (primary N) is 2. The molecule has 0 spiro atoms. The summed E-state index contributed by atoms with van der Waals surface area (Å²) in [6, 6.07) is 2.01. The predicted octanol–water partition coefficient (Wildman–Crippen LogP) is 0.435. The Bertz CT molecular complexity index is 593. The number of halogens is 2. The lowest BCUT2D eigenvalue weighted by molar-refractivity contribution is 0.159. The minimum absolute atomic E-state index is 0.0207. The molecule has 0 aliphatic carbocycles. The maximum Gasteiger partial charge on any atom is 0.404 e. The van der Waals surface area contributed by atoms with Crippen LogP contribution in [-0.4, -0.2) is 27.7 Å². The molecule has 0 atom stereocenters. The van der Waals surface area contributed by atoms with Crippen LogP contribution in [0.2, 0.25) is 5.02 Å². The van der Waals surface area contributed by atoms with Crippen LogP contribution in [0.15, 0.2) is 17.0 Å². The first-order valence-corrected chi connectivity index (χ1v) is 6.76. The lowest BCUT2D eigenvalue weighted by Gasteiger charge is -2.09. The molecule has 0 saturated heterocycles. The van der Waals surface area contributed by atoms with Crippen LogP contribution in [0.25, 0.3) is 0 Å². The second-order valence-electron chi connectivity index (χ2n) is 3.37. The average Bonchev–Trinajstić information content (AvgIpc) is 2.29. The Balaban J connectivity index is 2.86. The van der Waals surface area contributed by atoms with E-state index in [1.165, 1.54) is 0 Å². The molecule has 106 valence electrons. The number of carbonyl (C=O) groups is 1. The van der Waals surface area contributed by atoms with E-state index in [0.717, 1.165) is 12.1 Å². The van der Waals surface area contributed by atoms with E-state index in [1.807, 2.05) is 4.72 Å². The van der Waals surface area contributed by atoms with Gasteiger partial charge in [-0.1, -0.05) is 11.6 Å². The highest BCUT2D eigenvalue weighted by molar-refractivity contribution is 7.89. The first-order chi connectivity index (χ1) is 8.74. The molecule has 0 unspecified atom stereocenters. The summed E-state index contributed by atoms with van der Waals surface area (Å²) < 4.78 is 43.5. The van der Waals surface area contributed by atoms with Gasteiger partial charge >= 0.3 is 6.09 Å². The predicted molar refractivity (Wildman–Crippen MR) is 66.5 cm³/mol. The summed E-state index contributed by atoms with van der Waals surface area (Å²) >= 11 is 5.61. The van der Waals surface area contributed by atoms with Crippen LogP contribution in [0.3, 0.4) is 0 Å². The lowest BCUT2D eigenvalue weighted by atomic mass is 10.3. The molecule has 1 amide bonds. The molecular formula is C9H11ClFN3O4S. The van der Waals surface area contributed by atoms with E-state index in [-0.39, 0.29) is 23.9 Å². The van der Waals surface area contributed by atoms with Crippen molar-refractivity contribution in [3.05, 3.63) is 23.0 Å². The zero-order valence-electron chi connectivity index (χ0n) is 9.52. The largest absolute Gasteiger partial charge is 0.448 e. The van der Waals surface area contributed by atoms with Gasteiger partial charge in [-0.2, -0.15) is 0 Å². The average molecular weight is 312 g/mol. The fourth-order valence-corrected chi connectivity index (χ4v) is 2.62. The molecule has 0 saturated carbocycles. The number of benzene rings is 1. The summed E-state index contributed by atoms with van der Waals surface area (Å²) in [6.45, 7) is -0.552. The van der Waals surface area contributed by atoms with Crippen LogP contribution in [0.1, 0.15) is 0 Å². The Kier molecular flexibility index (Phi) is 4.92. The number of carbonyl (C=O) groups excluding carboxylic acids is 1. The Morgan fingerprint density at radius 1 is 1.47 bits per heavy atom. The van der Waals surface area contributed by atoms with E-state index in [9.17, 15) is 17.6 Å². The Morgan fingerprint density at radius 3 is 2.68 bits per heavy atom. The van der Waals surface area contributed by atoms with Crippen LogP contribution in [0.5, 0.6) is 0 Å². The highest BCUT2D eigenvalue weighted by Gasteiger charge is 2.21. The Labute approximate surface area is 113 Å². The molecule has 0 aromatic heterocycles. The second-order valence-corrected chi connectivity index (χ2v) is 5.54. The van der Waals surface area contributed by atoms with Gasteiger partial charge in [-0.25, -0.2) is 22.3 Å². The van der Waals surface area contributed by atoms with Crippen molar-refractivity contribution in [3.8, 4) is 0 Å². The Morgan fingerprint density at radius 2 is 2.11 bits per heavy atom. The molecule has 1 rings (SSSR count). The highest BCUT2D eigenvalue weighted by Crippen LogP contribution is 2.24. The number of primary amides is 1. The maximum atomic E-state index is 13.6. The first kappa shape index (κ1) is 15.5. The molecular weight excluding hydrogens is 301 g/mol. The molecule has 1 aromatic carbocycles. The fraction of sp³-hybridized carbons (Fsp3) is 0.222. The minimum Gasteiger partial charge on any atom is -0.448 e. The molecule has 0 aliphatic rings. The number of anilines is 1. The van der Waals surface area contributed by atoms with Crippen molar-refractivity contribution in [1.29, 1.82) is 0 Å². The second kappa shape index (κ2) is 6.04. The van der Waals surface area contributed by atoms with E-state index < -0.39 is 26.8 Å². The van der Waals surface area contributed by atoms with Crippen LogP contribution in [0.4, 0.5) is 14.9 Å². The minimum atomic E-state index is -4.16. The number of sulfonamides is 1. The van der Waals surface area contributed by atoms with E-state index in [0.29, 0.717) is 0 Å². The zero-order chi connectivity index (χ0) is 14.6. The van der Waals surface area contributed by atoms with Crippen molar-refractivity contribution >= 4 is 33.4 Å². The van der Waals surface area contributed by atoms with Gasteiger partial charge in [-0.05, 0) is 12.1 Å². The van der Waals surface area contributed by atoms with E-state index in [1.54, 1.807) is 0 Å². The van der Waals surface area contributed by atoms with Gasteiger partial charge < -0.3 is 16.2 Å². The summed E-state index contributed by atoms with van der Waals surface area (Å²) in [7, 11) is -4.16. The molecule has 0 heterocycles. The van der Waals surface area contributed by atoms with Crippen LogP contribution in [0, 0.1) is 5.82 Å². The SMILES string of the molecule is NC(=O)OCCNS(=O)(=O)c1cc(Cl)cc(N)c1F. The molecule has 0 aliphatic heterocycles. The molecule has 10 heteroatoms. The van der Waals surface area contributed by atoms with Crippen molar-refractivity contribution < 1.29 is 22.3 Å². The van der Waals surface area contributed by atoms with Gasteiger partial charge in [0.15, 0.2) is 5.82 Å². The van der Waals surface area contributed by atoms with Crippen molar-refractivity contribution in [2.24, 2.45) is 5.73 Å². The standard InChI is InChI=1S/C9H11ClFN3O4S/c10-5-3-6(12)8(11)7(4-5)19(16,17)14-1-2-18-9(13)15/h3-4,14H,1-2,12H2,(H2,13,15). The number of nitrogens with one attached hydrogen (secondary N) is 1. The normalized spacial score (nSPS) is 11.3. The van der Waals surface area contributed by atoms with Gasteiger partial charge in [0.2, 0.25) is 10.0 Å². The van der Waals surface area contributed by atoms with Crippen LogP contribution >= 0.6 is 11.6 Å². The van der Waals surface area contributed by atoms with Crippen molar-refractivity contribution in [1.82, 2.24) is 4.72 Å². The van der Waals surface area contributed by atoms with E-state index >= 15 is 0 Å². The van der Waals surface area contributed by atoms with E-state index in [2.05, 4.69) is 10.5 Å². The Hall–Kier alpha value is -1.58. The third-order valence-corrected chi connectivity index (χ3v) is 3.64. The molecule has 7 nitrogen and oxygen atoms in total. The van der Waals surface area contributed by atoms with Crippen molar-refractivity contribution in [2.75, 3.05) is 18.9 Å². The van der Waals surface area contributed by atoms with E-state index in [4.69, 9.17) is 17.3 Å². The third kappa shape index (κ3) is 4.23. The van der Waals surface area contributed by atoms with Crippen molar-refractivity contribution in [2.45, 2.75) is 4.90 Å². The number of hydrogen-bond donors (Lipinski definition) is 3. The fourth-order valence-electron chi connectivity index (χ4n) is 1.19. The quantitative estimate of drug-likeness (QED) is 0.537. The summed E-state index contributed by atoms with van der Waals surface area (Å²) in [5.74, 6) is -1.10. The smallest absolute Gasteiger partial charge is 0.404 e. The maximum absolute atomic E-state index is 13.6. The number of hydrogen-bond acceptors (Lipinski definition) is 5. The van der Waals surface area contributed by atoms with Gasteiger partial charge in [-0.15, -0.1) is 0 Å². The number of ether oxygens (including phenoxy) is 1. The highest BCUT2D eigenvalue weighted by atomic mass is 35.5. The van der Waals surface area contributed by atoms with Gasteiger partial charge in [0, 0.05) is 11.6 Å².